The van der Waals surface area contributed by atoms with E-state index in [4.69, 9.17) is 9.84 Å². The minimum atomic E-state index is -0.855. The molecule has 1 aromatic rings. The second-order valence-corrected chi connectivity index (χ2v) is 5.14. The summed E-state index contributed by atoms with van der Waals surface area (Å²) in [6, 6.07) is 0. The minimum absolute atomic E-state index is 0.111. The average Bonchev–Trinajstić information content (AvgIpc) is 2.38. The first-order chi connectivity index (χ1) is 9.27. The number of carboxylic acids is 1. The average molecular weight is 282 g/mol. The quantitative estimate of drug-likeness (QED) is 0.846. The maximum atomic E-state index is 12.0. The first-order valence-corrected chi connectivity index (χ1v) is 6.60. The van der Waals surface area contributed by atoms with Crippen molar-refractivity contribution in [3.8, 4) is 0 Å². The van der Waals surface area contributed by atoms with Crippen molar-refractivity contribution in [3.05, 3.63) is 27.4 Å². The predicted molar refractivity (Wildman–Crippen MR) is 74.9 cm³/mol. The van der Waals surface area contributed by atoms with Gasteiger partial charge < -0.3 is 9.84 Å². The molecule has 0 spiro atoms. The van der Waals surface area contributed by atoms with Gasteiger partial charge in [0.15, 0.2) is 0 Å². The van der Waals surface area contributed by atoms with Crippen molar-refractivity contribution >= 4 is 5.97 Å². The van der Waals surface area contributed by atoms with Crippen molar-refractivity contribution in [1.29, 1.82) is 0 Å². The molecule has 0 aromatic carbocycles. The minimum Gasteiger partial charge on any atom is -0.481 e. The van der Waals surface area contributed by atoms with E-state index in [0.29, 0.717) is 18.7 Å². The highest BCUT2D eigenvalue weighted by molar-refractivity contribution is 5.70. The van der Waals surface area contributed by atoms with Gasteiger partial charge in [-0.15, -0.1) is 0 Å². The Labute approximate surface area is 118 Å². The molecule has 0 saturated carbocycles. The molecule has 1 aromatic heterocycles. The van der Waals surface area contributed by atoms with E-state index >= 15 is 0 Å². The van der Waals surface area contributed by atoms with E-state index in [1.807, 2.05) is 13.8 Å². The Morgan fingerprint density at radius 2 is 2.00 bits per heavy atom. The van der Waals surface area contributed by atoms with Crippen LogP contribution in [-0.4, -0.2) is 33.8 Å². The second-order valence-electron chi connectivity index (χ2n) is 5.14. The third kappa shape index (κ3) is 3.66. The number of carbonyl (C=O) groups is 1. The number of methoxy groups -OCH3 is 1. The van der Waals surface area contributed by atoms with Crippen LogP contribution in [0.25, 0.3) is 0 Å². The van der Waals surface area contributed by atoms with E-state index < -0.39 is 11.9 Å². The van der Waals surface area contributed by atoms with Crippen LogP contribution in [0.5, 0.6) is 0 Å². The number of hydrogen-bond acceptors (Lipinski definition) is 4. The van der Waals surface area contributed by atoms with Gasteiger partial charge in [0.25, 0.3) is 0 Å². The maximum absolute atomic E-state index is 12.0. The number of aromatic nitrogens is 2. The summed E-state index contributed by atoms with van der Waals surface area (Å²) in [5, 5.41) is 9.02. The molecule has 1 rings (SSSR count). The van der Waals surface area contributed by atoms with Gasteiger partial charge in [-0.3, -0.25) is 9.36 Å². The Morgan fingerprint density at radius 1 is 1.40 bits per heavy atom. The lowest BCUT2D eigenvalue weighted by molar-refractivity contribution is -0.141. The number of carboxylic acid groups (broad SMARTS) is 1. The lowest BCUT2D eigenvalue weighted by Crippen LogP contribution is -2.32. The van der Waals surface area contributed by atoms with Crippen LogP contribution >= 0.6 is 0 Å². The number of nitrogens with zero attached hydrogens (tertiary/aromatic N) is 2. The molecule has 112 valence electrons. The molecular formula is C14H22N2O4. The Bertz CT molecular complexity index is 551. The summed E-state index contributed by atoms with van der Waals surface area (Å²) >= 11 is 0. The maximum Gasteiger partial charge on any atom is 0.348 e. The molecule has 0 amide bonds. The number of aliphatic carboxylic acids is 1. The van der Waals surface area contributed by atoms with Crippen LogP contribution in [0.2, 0.25) is 0 Å². The molecule has 2 unspecified atom stereocenters. The molecule has 0 radical (unpaired) electrons. The molecule has 6 heteroatoms. The van der Waals surface area contributed by atoms with Crippen molar-refractivity contribution < 1.29 is 14.6 Å². The van der Waals surface area contributed by atoms with Gasteiger partial charge in [0.1, 0.15) is 0 Å². The Morgan fingerprint density at radius 3 is 2.50 bits per heavy atom. The SMILES string of the molecule is COC(C)Cn1c(C)c(CC(C)C(=O)O)c(C)nc1=O. The van der Waals surface area contributed by atoms with E-state index in [9.17, 15) is 9.59 Å². The van der Waals surface area contributed by atoms with Crippen LogP contribution in [0, 0.1) is 19.8 Å². The monoisotopic (exact) mass is 282 g/mol. The summed E-state index contributed by atoms with van der Waals surface area (Å²) in [7, 11) is 1.58. The van der Waals surface area contributed by atoms with Gasteiger partial charge in [-0.2, -0.15) is 4.98 Å². The highest BCUT2D eigenvalue weighted by Gasteiger charge is 2.18. The summed E-state index contributed by atoms with van der Waals surface area (Å²) in [6.07, 6.45) is 0.252. The van der Waals surface area contributed by atoms with Crippen LogP contribution in [0.1, 0.15) is 30.8 Å². The van der Waals surface area contributed by atoms with Crippen LogP contribution in [0.15, 0.2) is 4.79 Å². The summed E-state index contributed by atoms with van der Waals surface area (Å²) in [6.45, 7) is 7.48. The first kappa shape index (κ1) is 16.4. The molecule has 0 aliphatic carbocycles. The molecule has 2 atom stereocenters. The zero-order valence-corrected chi connectivity index (χ0v) is 12.6. The van der Waals surface area contributed by atoms with Crippen molar-refractivity contribution in [3.63, 3.8) is 0 Å². The Balaban J connectivity index is 3.22. The van der Waals surface area contributed by atoms with Gasteiger partial charge in [0, 0.05) is 18.5 Å². The highest BCUT2D eigenvalue weighted by atomic mass is 16.5. The molecular weight excluding hydrogens is 260 g/mol. The van der Waals surface area contributed by atoms with E-state index in [1.54, 1.807) is 25.5 Å². The van der Waals surface area contributed by atoms with Gasteiger partial charge in [-0.25, -0.2) is 4.79 Å². The molecule has 0 bridgehead atoms. The van der Waals surface area contributed by atoms with Gasteiger partial charge in [-0.05, 0) is 32.8 Å². The van der Waals surface area contributed by atoms with Crippen molar-refractivity contribution in [2.45, 2.75) is 46.8 Å². The molecule has 0 aliphatic rings. The third-order valence-corrected chi connectivity index (χ3v) is 3.55. The zero-order chi connectivity index (χ0) is 15.4. The van der Waals surface area contributed by atoms with Crippen molar-refractivity contribution in [2.24, 2.45) is 5.92 Å². The smallest absolute Gasteiger partial charge is 0.348 e. The molecule has 0 fully saturated rings. The Hall–Kier alpha value is -1.69. The van der Waals surface area contributed by atoms with Crippen LogP contribution in [0.4, 0.5) is 0 Å². The molecule has 0 saturated heterocycles. The summed E-state index contributed by atoms with van der Waals surface area (Å²) in [5.74, 6) is -1.37. The predicted octanol–water partition coefficient (Wildman–Crippen LogP) is 1.16. The lowest BCUT2D eigenvalue weighted by Gasteiger charge is -2.19. The molecule has 0 aliphatic heterocycles. The number of hydrogen-bond donors (Lipinski definition) is 1. The van der Waals surface area contributed by atoms with Crippen molar-refractivity contribution in [1.82, 2.24) is 9.55 Å². The van der Waals surface area contributed by atoms with Crippen LogP contribution < -0.4 is 5.69 Å². The summed E-state index contributed by atoms with van der Waals surface area (Å²) in [5.41, 5.74) is 1.86. The Kier molecular flexibility index (Phi) is 5.44. The molecule has 20 heavy (non-hydrogen) atoms. The molecule has 1 heterocycles. The van der Waals surface area contributed by atoms with Crippen molar-refractivity contribution in [2.75, 3.05) is 7.11 Å². The van der Waals surface area contributed by atoms with Gasteiger partial charge in [0.2, 0.25) is 0 Å². The van der Waals surface area contributed by atoms with E-state index in [0.717, 1.165) is 11.3 Å². The zero-order valence-electron chi connectivity index (χ0n) is 12.6. The number of rotatable bonds is 6. The highest BCUT2D eigenvalue weighted by Crippen LogP contribution is 2.15. The largest absolute Gasteiger partial charge is 0.481 e. The van der Waals surface area contributed by atoms with Crippen LogP contribution in [-0.2, 0) is 22.5 Å². The fourth-order valence-electron chi connectivity index (χ4n) is 2.08. The van der Waals surface area contributed by atoms with Gasteiger partial charge in [0.05, 0.1) is 18.6 Å². The van der Waals surface area contributed by atoms with E-state index in [2.05, 4.69) is 4.98 Å². The number of ether oxygens (including phenoxy) is 1. The van der Waals surface area contributed by atoms with Gasteiger partial charge in [-0.1, -0.05) is 6.92 Å². The molecule has 1 N–H and O–H groups in total. The van der Waals surface area contributed by atoms with E-state index in [1.165, 1.54) is 0 Å². The summed E-state index contributed by atoms with van der Waals surface area (Å²) in [4.78, 5) is 27.0. The van der Waals surface area contributed by atoms with Crippen LogP contribution in [0.3, 0.4) is 0 Å². The standard InChI is InChI=1S/C14H22N2O4/c1-8(13(17)18)6-12-10(3)15-14(19)16(11(12)4)7-9(2)20-5/h8-9H,6-7H2,1-5H3,(H,17,18). The van der Waals surface area contributed by atoms with E-state index in [-0.39, 0.29) is 11.8 Å². The lowest BCUT2D eigenvalue weighted by atomic mass is 9.99. The normalized spacial score (nSPS) is 14.1. The topological polar surface area (TPSA) is 81.4 Å². The molecule has 6 nitrogen and oxygen atoms in total. The fraction of sp³-hybridized carbons (Fsp3) is 0.643. The first-order valence-electron chi connectivity index (χ1n) is 6.60. The van der Waals surface area contributed by atoms with Gasteiger partial charge >= 0.3 is 11.7 Å². The summed E-state index contributed by atoms with van der Waals surface area (Å²) < 4.78 is 6.72. The second kappa shape index (κ2) is 6.65. The number of aryl methyl sites for hydroxylation is 1. The third-order valence-electron chi connectivity index (χ3n) is 3.55. The fourth-order valence-corrected chi connectivity index (χ4v) is 2.08.